The lowest BCUT2D eigenvalue weighted by molar-refractivity contribution is 0.0480. The summed E-state index contributed by atoms with van der Waals surface area (Å²) < 4.78 is 0. The Morgan fingerprint density at radius 1 is 1.14 bits per heavy atom. The number of hydrogen-bond acceptors (Lipinski definition) is 1. The van der Waals surface area contributed by atoms with Crippen LogP contribution in [0.3, 0.4) is 0 Å². The number of benzene rings is 1. The smallest absolute Gasteiger partial charge is 0.0475 e. The third-order valence-electron chi connectivity index (χ3n) is 4.02. The maximum Gasteiger partial charge on any atom is 0.0475 e. The number of rotatable bonds is 1. The fraction of sp³-hybridized carbons (Fsp3) is 0.538. The van der Waals surface area contributed by atoms with Crippen LogP contribution in [0.4, 0.5) is 0 Å². The Balaban J connectivity index is 1.96. The molecule has 1 aromatic rings. The zero-order valence-electron chi connectivity index (χ0n) is 8.50. The summed E-state index contributed by atoms with van der Waals surface area (Å²) in [6, 6.07) is 11.0. The number of fused-ring (bicyclic) bond motifs is 1. The fourth-order valence-corrected chi connectivity index (χ4v) is 3.15. The van der Waals surface area contributed by atoms with E-state index in [0.717, 1.165) is 5.92 Å². The Hall–Kier alpha value is -0.820. The third-order valence-corrected chi connectivity index (χ3v) is 4.02. The Kier molecular flexibility index (Phi) is 1.88. The van der Waals surface area contributed by atoms with E-state index in [2.05, 4.69) is 35.6 Å². The van der Waals surface area contributed by atoms with Gasteiger partial charge in [0, 0.05) is 12.1 Å². The van der Waals surface area contributed by atoms with Gasteiger partial charge in [-0.15, -0.1) is 0 Å². The summed E-state index contributed by atoms with van der Waals surface area (Å²) in [5.74, 6) is 0.902. The highest BCUT2D eigenvalue weighted by Gasteiger charge is 2.48. The van der Waals surface area contributed by atoms with Crippen LogP contribution in [0.5, 0.6) is 0 Å². The highest BCUT2D eigenvalue weighted by atomic mass is 15.1. The lowest BCUT2D eigenvalue weighted by atomic mass is 9.64. The van der Waals surface area contributed by atoms with E-state index in [-0.39, 0.29) is 0 Å². The predicted octanol–water partition coefficient (Wildman–Crippen LogP) is 2.68. The molecule has 2 atom stereocenters. The van der Waals surface area contributed by atoms with Gasteiger partial charge in [-0.2, -0.15) is 0 Å². The molecule has 1 saturated carbocycles. The standard InChI is InChI=1S/C13H17N/c1-2-6-11(7-3-1)13-9-5-4-8-12(13)10-14-13/h1-3,6-7,12,14H,4-5,8-10H2. The summed E-state index contributed by atoms with van der Waals surface area (Å²) in [6.07, 6.45) is 5.57. The van der Waals surface area contributed by atoms with E-state index in [9.17, 15) is 0 Å². The van der Waals surface area contributed by atoms with Gasteiger partial charge in [-0.1, -0.05) is 43.2 Å². The topological polar surface area (TPSA) is 12.0 Å². The van der Waals surface area contributed by atoms with Crippen LogP contribution in [0, 0.1) is 5.92 Å². The van der Waals surface area contributed by atoms with Crippen molar-refractivity contribution in [2.24, 2.45) is 5.92 Å². The quantitative estimate of drug-likeness (QED) is 0.712. The van der Waals surface area contributed by atoms with Crippen molar-refractivity contribution in [2.75, 3.05) is 6.54 Å². The van der Waals surface area contributed by atoms with Crippen LogP contribution in [0.1, 0.15) is 31.2 Å². The second-order valence-corrected chi connectivity index (χ2v) is 4.66. The normalized spacial score (nSPS) is 35.9. The van der Waals surface area contributed by atoms with Gasteiger partial charge in [0.1, 0.15) is 0 Å². The molecule has 1 nitrogen and oxygen atoms in total. The number of hydrogen-bond donors (Lipinski definition) is 1. The minimum atomic E-state index is 0.361. The van der Waals surface area contributed by atoms with Gasteiger partial charge in [0.05, 0.1) is 0 Å². The van der Waals surface area contributed by atoms with Crippen LogP contribution in [-0.2, 0) is 5.54 Å². The molecule has 1 saturated heterocycles. The van der Waals surface area contributed by atoms with Crippen LogP contribution < -0.4 is 5.32 Å². The van der Waals surface area contributed by atoms with Gasteiger partial charge in [0.15, 0.2) is 0 Å². The van der Waals surface area contributed by atoms with E-state index in [1.807, 2.05) is 0 Å². The van der Waals surface area contributed by atoms with Crippen LogP contribution >= 0.6 is 0 Å². The van der Waals surface area contributed by atoms with Crippen molar-refractivity contribution < 1.29 is 0 Å². The van der Waals surface area contributed by atoms with E-state index < -0.39 is 0 Å². The van der Waals surface area contributed by atoms with Crippen molar-refractivity contribution >= 4 is 0 Å². The molecule has 1 heteroatoms. The van der Waals surface area contributed by atoms with Crippen molar-refractivity contribution in [3.63, 3.8) is 0 Å². The second-order valence-electron chi connectivity index (χ2n) is 4.66. The van der Waals surface area contributed by atoms with Crippen LogP contribution in [-0.4, -0.2) is 6.54 Å². The van der Waals surface area contributed by atoms with Crippen molar-refractivity contribution in [3.05, 3.63) is 35.9 Å². The summed E-state index contributed by atoms with van der Waals surface area (Å²) in [4.78, 5) is 0. The molecule has 74 valence electrons. The van der Waals surface area contributed by atoms with Gasteiger partial charge in [0.2, 0.25) is 0 Å². The third kappa shape index (κ3) is 1.05. The van der Waals surface area contributed by atoms with Gasteiger partial charge >= 0.3 is 0 Å². The molecule has 1 aromatic carbocycles. The summed E-state index contributed by atoms with van der Waals surface area (Å²) in [5, 5.41) is 3.68. The minimum absolute atomic E-state index is 0.361. The Morgan fingerprint density at radius 3 is 2.64 bits per heavy atom. The van der Waals surface area contributed by atoms with Gasteiger partial charge in [-0.05, 0) is 24.3 Å². The lowest BCUT2D eigenvalue weighted by Gasteiger charge is -2.54. The van der Waals surface area contributed by atoms with E-state index in [0.29, 0.717) is 5.54 Å². The van der Waals surface area contributed by atoms with E-state index in [1.165, 1.54) is 37.8 Å². The Bertz CT molecular complexity index is 319. The summed E-state index contributed by atoms with van der Waals surface area (Å²) in [7, 11) is 0. The monoisotopic (exact) mass is 187 g/mol. The molecule has 1 heterocycles. The predicted molar refractivity (Wildman–Crippen MR) is 58.1 cm³/mol. The highest BCUT2D eigenvalue weighted by molar-refractivity contribution is 5.29. The van der Waals surface area contributed by atoms with Crippen LogP contribution in [0.2, 0.25) is 0 Å². The molecular formula is C13H17N. The molecule has 0 bridgehead atoms. The van der Waals surface area contributed by atoms with Crippen molar-refractivity contribution in [1.29, 1.82) is 0 Å². The van der Waals surface area contributed by atoms with Gasteiger partial charge in [-0.3, -0.25) is 0 Å². The molecule has 0 radical (unpaired) electrons. The molecule has 2 unspecified atom stereocenters. The van der Waals surface area contributed by atoms with Gasteiger partial charge < -0.3 is 5.32 Å². The summed E-state index contributed by atoms with van der Waals surface area (Å²) in [5.41, 5.74) is 1.87. The molecule has 2 aliphatic rings. The second kappa shape index (κ2) is 3.09. The molecule has 0 aromatic heterocycles. The first-order valence-electron chi connectivity index (χ1n) is 5.72. The molecule has 1 aliphatic heterocycles. The maximum atomic E-state index is 3.68. The van der Waals surface area contributed by atoms with E-state index in [1.54, 1.807) is 0 Å². The first-order chi connectivity index (χ1) is 6.92. The molecule has 0 spiro atoms. The summed E-state index contributed by atoms with van der Waals surface area (Å²) >= 11 is 0. The zero-order valence-corrected chi connectivity index (χ0v) is 8.50. The lowest BCUT2D eigenvalue weighted by Crippen LogP contribution is -2.63. The molecule has 3 rings (SSSR count). The van der Waals surface area contributed by atoms with Crippen molar-refractivity contribution in [2.45, 2.75) is 31.2 Å². The fourth-order valence-electron chi connectivity index (χ4n) is 3.15. The minimum Gasteiger partial charge on any atom is -0.307 e. The van der Waals surface area contributed by atoms with Crippen molar-refractivity contribution in [3.8, 4) is 0 Å². The largest absolute Gasteiger partial charge is 0.307 e. The molecule has 1 N–H and O–H groups in total. The maximum absolute atomic E-state index is 3.68. The SMILES string of the molecule is c1ccc(C23CCCCC2CN3)cc1. The Labute approximate surface area is 85.5 Å². The number of nitrogens with one attached hydrogen (secondary N) is 1. The Morgan fingerprint density at radius 2 is 2.00 bits per heavy atom. The van der Waals surface area contributed by atoms with E-state index in [4.69, 9.17) is 0 Å². The van der Waals surface area contributed by atoms with Crippen molar-refractivity contribution in [1.82, 2.24) is 5.32 Å². The average Bonchev–Trinajstić information content (AvgIpc) is 2.22. The zero-order chi connectivity index (χ0) is 9.43. The molecule has 0 amide bonds. The molecule has 1 aliphatic carbocycles. The first kappa shape index (κ1) is 8.49. The molecule has 2 fully saturated rings. The average molecular weight is 187 g/mol. The van der Waals surface area contributed by atoms with Crippen LogP contribution in [0.25, 0.3) is 0 Å². The van der Waals surface area contributed by atoms with Gasteiger partial charge in [-0.25, -0.2) is 0 Å². The molecular weight excluding hydrogens is 170 g/mol. The summed E-state index contributed by atoms with van der Waals surface area (Å²) in [6.45, 7) is 1.23. The molecule has 14 heavy (non-hydrogen) atoms. The highest BCUT2D eigenvalue weighted by Crippen LogP contribution is 2.46. The van der Waals surface area contributed by atoms with Gasteiger partial charge in [0.25, 0.3) is 0 Å². The first-order valence-corrected chi connectivity index (χ1v) is 5.72. The van der Waals surface area contributed by atoms with E-state index >= 15 is 0 Å². The van der Waals surface area contributed by atoms with Crippen LogP contribution in [0.15, 0.2) is 30.3 Å².